The molecule has 3 aromatic rings. The molecule has 5 nitrogen and oxygen atoms in total. The lowest BCUT2D eigenvalue weighted by Crippen LogP contribution is -2.46. The van der Waals surface area contributed by atoms with Crippen LogP contribution in [0, 0.1) is 0 Å². The van der Waals surface area contributed by atoms with Crippen LogP contribution in [0.1, 0.15) is 26.4 Å². The lowest BCUT2D eigenvalue weighted by atomic mass is 10.2. The number of halogens is 5. The first-order chi connectivity index (χ1) is 13.7. The lowest BCUT2D eigenvalue weighted by molar-refractivity contribution is -0.140. The summed E-state index contributed by atoms with van der Waals surface area (Å²) in [7, 11) is 0. The Morgan fingerprint density at radius 2 is 1.52 bits per heavy atom. The summed E-state index contributed by atoms with van der Waals surface area (Å²) in [6.07, 6.45) is -4.71. The van der Waals surface area contributed by atoms with Gasteiger partial charge in [0.05, 0.1) is 21.2 Å². The summed E-state index contributed by atoms with van der Waals surface area (Å²) in [6, 6.07) is 11.9. The number of amides is 2. The van der Waals surface area contributed by atoms with Gasteiger partial charge in [-0.3, -0.25) is 15.0 Å². The third kappa shape index (κ3) is 4.69. The Morgan fingerprint density at radius 3 is 2.03 bits per heavy atom. The van der Waals surface area contributed by atoms with Crippen LogP contribution in [-0.2, 0) is 6.18 Å². The van der Waals surface area contributed by atoms with Crippen LogP contribution in [0.4, 0.5) is 18.3 Å². The van der Waals surface area contributed by atoms with Gasteiger partial charge in [0.25, 0.3) is 11.8 Å². The molecule has 0 fully saturated rings. The number of thiazole rings is 1. The van der Waals surface area contributed by atoms with E-state index >= 15 is 0 Å². The first-order valence-corrected chi connectivity index (χ1v) is 9.49. The summed E-state index contributed by atoms with van der Waals surface area (Å²) >= 11 is 12.6. The summed E-state index contributed by atoms with van der Waals surface area (Å²) in [5.41, 5.74) is 1.07. The average molecular weight is 460 g/mol. The van der Waals surface area contributed by atoms with Gasteiger partial charge in [0.15, 0.2) is 5.69 Å². The first-order valence-electron chi connectivity index (χ1n) is 7.85. The van der Waals surface area contributed by atoms with Crippen LogP contribution in [0.2, 0.25) is 10.0 Å². The number of anilines is 1. The predicted molar refractivity (Wildman–Crippen MR) is 104 cm³/mol. The molecule has 11 heteroatoms. The van der Waals surface area contributed by atoms with Crippen molar-refractivity contribution in [2.24, 2.45) is 0 Å². The van der Waals surface area contributed by atoms with Crippen molar-refractivity contribution >= 4 is 51.5 Å². The minimum absolute atomic E-state index is 0.0266. The smallest absolute Gasteiger partial charge is 0.267 e. The van der Waals surface area contributed by atoms with E-state index in [1.807, 2.05) is 0 Å². The number of aromatic nitrogens is 1. The topological polar surface area (TPSA) is 62.3 Å². The Balaban J connectivity index is 2.01. The summed E-state index contributed by atoms with van der Waals surface area (Å²) in [5, 5.41) is 1.13. The average Bonchev–Trinajstić information content (AvgIpc) is 3.16. The molecule has 1 heterocycles. The van der Waals surface area contributed by atoms with E-state index in [9.17, 15) is 22.8 Å². The number of benzene rings is 2. The second-order valence-corrected chi connectivity index (χ2v) is 7.21. The number of nitrogens with one attached hydrogen (secondary N) is 1. The molecule has 0 saturated carbocycles. The van der Waals surface area contributed by atoms with Crippen LogP contribution in [0.3, 0.4) is 0 Å². The highest BCUT2D eigenvalue weighted by molar-refractivity contribution is 7.14. The molecular weight excluding hydrogens is 450 g/mol. The molecule has 1 aromatic heterocycles. The second kappa shape index (κ2) is 8.40. The van der Waals surface area contributed by atoms with Crippen molar-refractivity contribution in [1.29, 1.82) is 0 Å². The Labute approximate surface area is 176 Å². The zero-order chi connectivity index (χ0) is 21.2. The zero-order valence-corrected chi connectivity index (χ0v) is 16.5. The fraction of sp³-hybridized carbons (Fsp3) is 0.0556. The molecule has 0 unspecified atom stereocenters. The monoisotopic (exact) mass is 459 g/mol. The molecule has 2 amide bonds. The molecule has 2 aromatic carbocycles. The van der Waals surface area contributed by atoms with Crippen LogP contribution >= 0.6 is 34.5 Å². The van der Waals surface area contributed by atoms with Gasteiger partial charge >= 0.3 is 6.18 Å². The molecule has 0 aliphatic carbocycles. The normalized spacial score (nSPS) is 11.2. The molecular formula is C18H10Cl2F3N3O2S. The quantitative estimate of drug-likeness (QED) is 0.528. The van der Waals surface area contributed by atoms with E-state index in [1.54, 1.807) is 18.2 Å². The van der Waals surface area contributed by atoms with E-state index in [0.29, 0.717) is 16.3 Å². The zero-order valence-electron chi connectivity index (χ0n) is 14.2. The summed E-state index contributed by atoms with van der Waals surface area (Å²) in [5.74, 6) is -1.67. The van der Waals surface area contributed by atoms with E-state index in [1.165, 1.54) is 30.3 Å². The minimum Gasteiger partial charge on any atom is -0.267 e. The number of hydrazine groups is 1. The summed E-state index contributed by atoms with van der Waals surface area (Å²) in [4.78, 5) is 29.0. The molecule has 0 spiro atoms. The van der Waals surface area contributed by atoms with Gasteiger partial charge in [-0.05, 0) is 24.3 Å². The van der Waals surface area contributed by atoms with Gasteiger partial charge in [-0.1, -0.05) is 47.5 Å². The van der Waals surface area contributed by atoms with Crippen LogP contribution in [0.25, 0.3) is 0 Å². The van der Waals surface area contributed by atoms with Crippen LogP contribution in [0.15, 0.2) is 53.9 Å². The van der Waals surface area contributed by atoms with E-state index in [0.717, 1.165) is 5.38 Å². The number of hydrogen-bond acceptors (Lipinski definition) is 4. The number of hydrogen-bond donors (Lipinski definition) is 1. The molecule has 0 aliphatic heterocycles. The van der Waals surface area contributed by atoms with Crippen molar-refractivity contribution in [1.82, 2.24) is 10.4 Å². The highest BCUT2D eigenvalue weighted by Gasteiger charge is 2.35. The van der Waals surface area contributed by atoms with E-state index < -0.39 is 23.7 Å². The number of carbonyl (C=O) groups is 2. The lowest BCUT2D eigenvalue weighted by Gasteiger charge is -2.21. The molecule has 29 heavy (non-hydrogen) atoms. The fourth-order valence-corrected chi connectivity index (χ4v) is 3.47. The van der Waals surface area contributed by atoms with Crippen molar-refractivity contribution < 1.29 is 22.8 Å². The summed E-state index contributed by atoms with van der Waals surface area (Å²) in [6.45, 7) is 0. The number of alkyl halides is 3. The van der Waals surface area contributed by atoms with E-state index in [2.05, 4.69) is 10.4 Å². The maximum atomic E-state index is 13.0. The number of rotatable bonds is 3. The van der Waals surface area contributed by atoms with Gasteiger partial charge in [-0.25, -0.2) is 4.98 Å². The largest absolute Gasteiger partial charge is 0.434 e. The predicted octanol–water partition coefficient (Wildman–Crippen LogP) is 5.46. The van der Waals surface area contributed by atoms with Crippen LogP contribution in [-0.4, -0.2) is 16.8 Å². The molecule has 0 aliphatic rings. The molecule has 0 radical (unpaired) electrons. The third-order valence-electron chi connectivity index (χ3n) is 3.61. The minimum atomic E-state index is -4.71. The van der Waals surface area contributed by atoms with Gasteiger partial charge in [0.1, 0.15) is 0 Å². The van der Waals surface area contributed by atoms with Gasteiger partial charge in [-0.2, -0.15) is 18.2 Å². The van der Waals surface area contributed by atoms with Crippen molar-refractivity contribution in [2.45, 2.75) is 6.18 Å². The molecule has 0 bridgehead atoms. The van der Waals surface area contributed by atoms with Gasteiger partial charge in [0.2, 0.25) is 5.13 Å². The van der Waals surface area contributed by atoms with Gasteiger partial charge in [-0.15, -0.1) is 11.3 Å². The third-order valence-corrected chi connectivity index (χ3v) is 5.10. The van der Waals surface area contributed by atoms with Crippen molar-refractivity contribution in [3.63, 3.8) is 0 Å². The first kappa shape index (κ1) is 21.1. The Bertz CT molecular complexity index is 1070. The fourth-order valence-electron chi connectivity index (χ4n) is 2.24. The Hall–Kier alpha value is -2.62. The molecule has 1 N–H and O–H groups in total. The number of carbonyl (C=O) groups excluding carboxylic acids is 2. The van der Waals surface area contributed by atoms with E-state index in [-0.39, 0.29) is 26.3 Å². The highest BCUT2D eigenvalue weighted by Crippen LogP contribution is 2.33. The van der Waals surface area contributed by atoms with Crippen molar-refractivity contribution in [3.8, 4) is 0 Å². The number of nitrogens with zero attached hydrogens (tertiary/aromatic N) is 2. The maximum Gasteiger partial charge on any atom is 0.434 e. The van der Waals surface area contributed by atoms with Crippen LogP contribution < -0.4 is 10.4 Å². The molecule has 3 rings (SSSR count). The van der Waals surface area contributed by atoms with Gasteiger partial charge < -0.3 is 0 Å². The highest BCUT2D eigenvalue weighted by atomic mass is 35.5. The second-order valence-electron chi connectivity index (χ2n) is 5.55. The van der Waals surface area contributed by atoms with Crippen molar-refractivity contribution in [3.05, 3.63) is 80.8 Å². The van der Waals surface area contributed by atoms with Crippen molar-refractivity contribution in [2.75, 3.05) is 5.01 Å². The Kier molecular flexibility index (Phi) is 6.11. The molecule has 0 atom stereocenters. The van der Waals surface area contributed by atoms with Gasteiger partial charge in [0, 0.05) is 5.38 Å². The summed E-state index contributed by atoms with van der Waals surface area (Å²) < 4.78 is 38.8. The SMILES string of the molecule is O=C(NN(C(=O)c1ccccc1Cl)c1nc(C(F)(F)F)cs1)c1ccccc1Cl. The molecule has 0 saturated heterocycles. The van der Waals surface area contributed by atoms with Crippen LogP contribution in [0.5, 0.6) is 0 Å². The molecule has 150 valence electrons. The maximum absolute atomic E-state index is 13.0. The Morgan fingerprint density at radius 1 is 0.966 bits per heavy atom. The standard InChI is InChI=1S/C18H10Cl2F3N3O2S/c19-12-7-3-1-5-10(12)15(27)25-26(16(28)11-6-2-4-8-13(11)20)17-24-14(9-29-17)18(21,22)23/h1-9H,(H,25,27). The van der Waals surface area contributed by atoms with E-state index in [4.69, 9.17) is 23.2 Å².